The zero-order chi connectivity index (χ0) is 13.8. The van der Waals surface area contributed by atoms with Crippen LogP contribution in [-0.4, -0.2) is 30.9 Å². The van der Waals surface area contributed by atoms with Gasteiger partial charge in [0.15, 0.2) is 0 Å². The van der Waals surface area contributed by atoms with Crippen molar-refractivity contribution in [2.45, 2.75) is 24.3 Å². The van der Waals surface area contributed by atoms with Gasteiger partial charge in [-0.1, -0.05) is 18.2 Å². The molecule has 3 heteroatoms. The molecule has 1 heterocycles. The van der Waals surface area contributed by atoms with Crippen molar-refractivity contribution in [2.24, 2.45) is 0 Å². The number of fused-ring (bicyclic) bond motifs is 1. The molecule has 106 valence electrons. The standard InChI is InChI=1S/C17H21NOS/c1-19-16-7-8-17-15(11-16)13-18(9-10-20-17)12-14-5-3-2-4-6-14/h3,5-8,11H,2,4,9-10,12-13H2,1H3. The quantitative estimate of drug-likeness (QED) is 0.837. The Morgan fingerprint density at radius 1 is 1.30 bits per heavy atom. The third kappa shape index (κ3) is 3.28. The van der Waals surface area contributed by atoms with Crippen molar-refractivity contribution >= 4 is 11.8 Å². The Bertz CT molecular complexity index is 536. The van der Waals surface area contributed by atoms with E-state index < -0.39 is 0 Å². The monoisotopic (exact) mass is 287 g/mol. The highest BCUT2D eigenvalue weighted by Crippen LogP contribution is 2.30. The lowest BCUT2D eigenvalue weighted by molar-refractivity contribution is 0.308. The van der Waals surface area contributed by atoms with Crippen molar-refractivity contribution < 1.29 is 4.74 Å². The maximum absolute atomic E-state index is 5.36. The average Bonchev–Trinajstić information content (AvgIpc) is 2.69. The molecule has 1 aliphatic carbocycles. The molecule has 1 aromatic carbocycles. The van der Waals surface area contributed by atoms with Gasteiger partial charge in [0.1, 0.15) is 5.75 Å². The molecule has 20 heavy (non-hydrogen) atoms. The number of hydrogen-bond donors (Lipinski definition) is 0. The molecule has 0 amide bonds. The van der Waals surface area contributed by atoms with Crippen molar-refractivity contribution in [3.05, 3.63) is 47.6 Å². The molecule has 0 fully saturated rings. The molecule has 0 spiro atoms. The Kier molecular flexibility index (Phi) is 4.48. The number of thioether (sulfide) groups is 1. The van der Waals surface area contributed by atoms with Crippen LogP contribution in [0.3, 0.4) is 0 Å². The van der Waals surface area contributed by atoms with E-state index in [2.05, 4.69) is 41.3 Å². The van der Waals surface area contributed by atoms with E-state index in [9.17, 15) is 0 Å². The Morgan fingerprint density at radius 2 is 2.25 bits per heavy atom. The van der Waals surface area contributed by atoms with Crippen LogP contribution >= 0.6 is 11.8 Å². The van der Waals surface area contributed by atoms with Crippen molar-refractivity contribution in [1.82, 2.24) is 4.90 Å². The maximum Gasteiger partial charge on any atom is 0.119 e. The summed E-state index contributed by atoms with van der Waals surface area (Å²) >= 11 is 1.96. The molecule has 2 aliphatic rings. The third-order valence-electron chi connectivity index (χ3n) is 3.80. The number of benzene rings is 1. The summed E-state index contributed by atoms with van der Waals surface area (Å²) in [4.78, 5) is 3.95. The molecule has 0 aromatic heterocycles. The molecule has 0 saturated heterocycles. The second-order valence-electron chi connectivity index (χ2n) is 5.29. The third-order valence-corrected chi connectivity index (χ3v) is 4.90. The summed E-state index contributed by atoms with van der Waals surface area (Å²) < 4.78 is 5.36. The van der Waals surface area contributed by atoms with Crippen molar-refractivity contribution in [2.75, 3.05) is 26.0 Å². The predicted molar refractivity (Wildman–Crippen MR) is 85.5 cm³/mol. The largest absolute Gasteiger partial charge is 0.497 e. The van der Waals surface area contributed by atoms with E-state index in [1.807, 2.05) is 11.8 Å². The fourth-order valence-electron chi connectivity index (χ4n) is 2.73. The Balaban J connectivity index is 1.74. The molecular weight excluding hydrogens is 266 g/mol. The van der Waals surface area contributed by atoms with E-state index in [1.54, 1.807) is 7.11 Å². The van der Waals surface area contributed by atoms with Crippen LogP contribution in [0, 0.1) is 0 Å². The van der Waals surface area contributed by atoms with Crippen LogP contribution in [0.4, 0.5) is 0 Å². The van der Waals surface area contributed by atoms with E-state index >= 15 is 0 Å². The molecule has 0 saturated carbocycles. The highest BCUT2D eigenvalue weighted by atomic mass is 32.2. The number of allylic oxidation sites excluding steroid dienone is 2. The van der Waals surface area contributed by atoms with Gasteiger partial charge in [0.25, 0.3) is 0 Å². The summed E-state index contributed by atoms with van der Waals surface area (Å²) in [5.41, 5.74) is 2.86. The molecule has 0 bridgehead atoms. The molecule has 1 aromatic rings. The number of methoxy groups -OCH3 is 1. The highest BCUT2D eigenvalue weighted by molar-refractivity contribution is 7.99. The van der Waals surface area contributed by atoms with E-state index in [-0.39, 0.29) is 0 Å². The van der Waals surface area contributed by atoms with Crippen LogP contribution in [-0.2, 0) is 6.54 Å². The smallest absolute Gasteiger partial charge is 0.119 e. The Labute approximate surface area is 125 Å². The minimum Gasteiger partial charge on any atom is -0.497 e. The summed E-state index contributed by atoms with van der Waals surface area (Å²) in [7, 11) is 1.74. The minimum atomic E-state index is 0.961. The number of rotatable bonds is 3. The van der Waals surface area contributed by atoms with Gasteiger partial charge >= 0.3 is 0 Å². The summed E-state index contributed by atoms with van der Waals surface area (Å²) in [6, 6.07) is 6.45. The first-order valence-corrected chi connectivity index (χ1v) is 8.21. The molecule has 0 unspecified atom stereocenters. The topological polar surface area (TPSA) is 12.5 Å². The van der Waals surface area contributed by atoms with Crippen LogP contribution in [0.25, 0.3) is 0 Å². The summed E-state index contributed by atoms with van der Waals surface area (Å²) in [5, 5.41) is 0. The maximum atomic E-state index is 5.36. The Hall–Kier alpha value is -1.19. The first kappa shape index (κ1) is 13.8. The average molecular weight is 287 g/mol. The first-order chi connectivity index (χ1) is 9.85. The van der Waals surface area contributed by atoms with E-state index in [0.29, 0.717) is 0 Å². The second kappa shape index (κ2) is 6.51. The predicted octanol–water partition coefficient (Wildman–Crippen LogP) is 3.88. The normalized spacial score (nSPS) is 19.1. The zero-order valence-corrected chi connectivity index (χ0v) is 12.8. The van der Waals surface area contributed by atoms with Gasteiger partial charge in [-0.15, -0.1) is 11.8 Å². The second-order valence-corrected chi connectivity index (χ2v) is 6.43. The van der Waals surface area contributed by atoms with Crippen molar-refractivity contribution in [1.29, 1.82) is 0 Å². The molecule has 0 atom stereocenters. The fraction of sp³-hybridized carbons (Fsp3) is 0.412. The Morgan fingerprint density at radius 3 is 3.05 bits per heavy atom. The van der Waals surface area contributed by atoms with Gasteiger partial charge in [-0.25, -0.2) is 0 Å². The summed E-state index contributed by atoms with van der Waals surface area (Å²) in [6.45, 7) is 3.23. The van der Waals surface area contributed by atoms with Crippen LogP contribution < -0.4 is 4.74 Å². The van der Waals surface area contributed by atoms with Crippen molar-refractivity contribution in [3.8, 4) is 5.75 Å². The van der Waals surface area contributed by atoms with Gasteiger partial charge in [0.05, 0.1) is 7.11 Å². The molecule has 0 radical (unpaired) electrons. The van der Waals surface area contributed by atoms with E-state index in [4.69, 9.17) is 4.74 Å². The lowest BCUT2D eigenvalue weighted by Gasteiger charge is -2.21. The molecule has 1 aliphatic heterocycles. The van der Waals surface area contributed by atoms with Gasteiger partial charge in [0, 0.05) is 30.3 Å². The summed E-state index contributed by atoms with van der Waals surface area (Å²) in [6.07, 6.45) is 9.34. The molecule has 0 N–H and O–H groups in total. The SMILES string of the molecule is COc1ccc2c(c1)CN(CC1=CCCC=C1)CCS2. The fourth-order valence-corrected chi connectivity index (χ4v) is 3.77. The molecule has 2 nitrogen and oxygen atoms in total. The van der Waals surface area contributed by atoms with Crippen LogP contribution in [0.15, 0.2) is 46.9 Å². The minimum absolute atomic E-state index is 0.961. The van der Waals surface area contributed by atoms with E-state index in [0.717, 1.165) is 31.1 Å². The highest BCUT2D eigenvalue weighted by Gasteiger charge is 2.16. The van der Waals surface area contributed by atoms with Crippen LogP contribution in [0.5, 0.6) is 5.75 Å². The van der Waals surface area contributed by atoms with Crippen LogP contribution in [0.1, 0.15) is 18.4 Å². The number of nitrogens with zero attached hydrogens (tertiary/aromatic N) is 1. The van der Waals surface area contributed by atoms with Crippen LogP contribution in [0.2, 0.25) is 0 Å². The van der Waals surface area contributed by atoms with Gasteiger partial charge in [-0.2, -0.15) is 0 Å². The molecule has 3 rings (SSSR count). The van der Waals surface area contributed by atoms with Gasteiger partial charge in [0.2, 0.25) is 0 Å². The lowest BCUT2D eigenvalue weighted by Crippen LogP contribution is -2.26. The van der Waals surface area contributed by atoms with E-state index in [1.165, 1.54) is 28.9 Å². The van der Waals surface area contributed by atoms with Gasteiger partial charge in [-0.05, 0) is 42.2 Å². The van der Waals surface area contributed by atoms with Gasteiger partial charge < -0.3 is 4.74 Å². The first-order valence-electron chi connectivity index (χ1n) is 7.23. The number of ether oxygens (including phenoxy) is 1. The zero-order valence-electron chi connectivity index (χ0n) is 12.0. The lowest BCUT2D eigenvalue weighted by atomic mass is 10.1. The van der Waals surface area contributed by atoms with Gasteiger partial charge in [-0.3, -0.25) is 4.90 Å². The molecular formula is C17H21NOS. The summed E-state index contributed by atoms with van der Waals surface area (Å²) in [5.74, 6) is 2.12. The number of hydrogen-bond acceptors (Lipinski definition) is 3. The van der Waals surface area contributed by atoms with Crippen molar-refractivity contribution in [3.63, 3.8) is 0 Å².